The molecule has 0 bridgehead atoms. The highest BCUT2D eigenvalue weighted by Crippen LogP contribution is 2.21. The van der Waals surface area contributed by atoms with Gasteiger partial charge in [-0.25, -0.2) is 9.78 Å². The molecule has 0 spiro atoms. The molecule has 0 saturated carbocycles. The molecule has 0 aliphatic rings. The number of benzene rings is 1. The molecule has 1 amide bonds. The highest BCUT2D eigenvalue weighted by molar-refractivity contribution is 7.13. The molecule has 1 heterocycles. The van der Waals surface area contributed by atoms with Gasteiger partial charge in [-0.05, 0) is 45.0 Å². The van der Waals surface area contributed by atoms with Gasteiger partial charge in [-0.3, -0.25) is 4.79 Å². The number of aryl methyl sites for hydroxylation is 2. The molecule has 142 valence electrons. The molecule has 0 radical (unpaired) electrons. The third kappa shape index (κ3) is 5.53. The van der Waals surface area contributed by atoms with E-state index in [1.54, 1.807) is 38.1 Å². The summed E-state index contributed by atoms with van der Waals surface area (Å²) in [5.74, 6) is -0.281. The van der Waals surface area contributed by atoms with Crippen LogP contribution in [0.1, 0.15) is 33.7 Å². The number of nitrogens with zero attached hydrogens (tertiary/aromatic N) is 3. The van der Waals surface area contributed by atoms with Gasteiger partial charge in [-0.2, -0.15) is 5.26 Å². The second kappa shape index (κ2) is 9.69. The van der Waals surface area contributed by atoms with E-state index in [4.69, 9.17) is 14.7 Å². The second-order valence-electron chi connectivity index (χ2n) is 5.60. The Bertz CT molecular complexity index is 840. The number of hydrogen-bond acceptors (Lipinski definition) is 7. The molecule has 0 atom stereocenters. The van der Waals surface area contributed by atoms with Crippen molar-refractivity contribution >= 4 is 28.9 Å². The van der Waals surface area contributed by atoms with Crippen molar-refractivity contribution in [3.8, 4) is 11.8 Å². The molecule has 8 heteroatoms. The SMILES string of the molecule is CCOc1ccc(N(CCC#N)C(=O)COC(=O)c2sc(C)nc2C)cc1. The average molecular weight is 387 g/mol. The fraction of sp³-hybridized carbons (Fsp3) is 0.368. The fourth-order valence-electron chi connectivity index (χ4n) is 2.44. The van der Waals surface area contributed by atoms with E-state index in [0.717, 1.165) is 5.01 Å². The Balaban J connectivity index is 2.06. The molecule has 1 aromatic carbocycles. The van der Waals surface area contributed by atoms with Crippen LogP contribution in [-0.2, 0) is 9.53 Å². The van der Waals surface area contributed by atoms with Gasteiger partial charge in [-0.1, -0.05) is 0 Å². The van der Waals surface area contributed by atoms with Crippen LogP contribution < -0.4 is 9.64 Å². The molecule has 2 rings (SSSR count). The first-order valence-corrected chi connectivity index (χ1v) is 9.29. The number of rotatable bonds is 8. The topological polar surface area (TPSA) is 92.5 Å². The number of hydrogen-bond donors (Lipinski definition) is 0. The zero-order chi connectivity index (χ0) is 19.8. The van der Waals surface area contributed by atoms with Crippen molar-refractivity contribution in [3.05, 3.63) is 39.8 Å². The predicted molar refractivity (Wildman–Crippen MR) is 102 cm³/mol. The first-order valence-electron chi connectivity index (χ1n) is 8.47. The Morgan fingerprint density at radius 2 is 1.96 bits per heavy atom. The summed E-state index contributed by atoms with van der Waals surface area (Å²) in [7, 11) is 0. The minimum Gasteiger partial charge on any atom is -0.494 e. The average Bonchev–Trinajstić information content (AvgIpc) is 2.99. The third-order valence-electron chi connectivity index (χ3n) is 3.62. The van der Waals surface area contributed by atoms with E-state index >= 15 is 0 Å². The van der Waals surface area contributed by atoms with Gasteiger partial charge in [-0.15, -0.1) is 11.3 Å². The summed E-state index contributed by atoms with van der Waals surface area (Å²) in [6.07, 6.45) is 0.167. The van der Waals surface area contributed by atoms with Crippen LogP contribution in [0.4, 0.5) is 5.69 Å². The lowest BCUT2D eigenvalue weighted by atomic mass is 10.2. The number of nitriles is 1. The minimum absolute atomic E-state index is 0.167. The van der Waals surface area contributed by atoms with Crippen molar-refractivity contribution in [2.75, 3.05) is 24.7 Å². The van der Waals surface area contributed by atoms with E-state index in [0.29, 0.717) is 28.6 Å². The van der Waals surface area contributed by atoms with Gasteiger partial charge >= 0.3 is 5.97 Å². The standard InChI is InChI=1S/C19H21N3O4S/c1-4-25-16-8-6-15(7-9-16)22(11-5-10-20)17(23)12-26-19(24)18-13(2)21-14(3)27-18/h6-9H,4-5,11-12H2,1-3H3. The maximum absolute atomic E-state index is 12.6. The number of thiazole rings is 1. The zero-order valence-electron chi connectivity index (χ0n) is 15.5. The van der Waals surface area contributed by atoms with E-state index in [1.807, 2.05) is 13.0 Å². The molecule has 0 N–H and O–H groups in total. The Labute approximate surface area is 162 Å². The van der Waals surface area contributed by atoms with E-state index in [2.05, 4.69) is 4.98 Å². The van der Waals surface area contributed by atoms with Crippen LogP contribution in [0.2, 0.25) is 0 Å². The smallest absolute Gasteiger partial charge is 0.350 e. The molecule has 0 aliphatic heterocycles. The Morgan fingerprint density at radius 3 is 2.52 bits per heavy atom. The van der Waals surface area contributed by atoms with Crippen molar-refractivity contribution in [2.45, 2.75) is 27.2 Å². The minimum atomic E-state index is -0.571. The molecule has 27 heavy (non-hydrogen) atoms. The molecule has 7 nitrogen and oxygen atoms in total. The van der Waals surface area contributed by atoms with Gasteiger partial charge in [0.25, 0.3) is 5.91 Å². The number of ether oxygens (including phenoxy) is 2. The fourth-order valence-corrected chi connectivity index (χ4v) is 3.25. The normalized spacial score (nSPS) is 10.1. The lowest BCUT2D eigenvalue weighted by Crippen LogP contribution is -2.35. The highest BCUT2D eigenvalue weighted by atomic mass is 32.1. The van der Waals surface area contributed by atoms with E-state index in [-0.39, 0.29) is 13.0 Å². The van der Waals surface area contributed by atoms with E-state index < -0.39 is 18.5 Å². The van der Waals surface area contributed by atoms with Crippen LogP contribution >= 0.6 is 11.3 Å². The summed E-state index contributed by atoms with van der Waals surface area (Å²) in [4.78, 5) is 30.8. The van der Waals surface area contributed by atoms with Crippen LogP contribution in [0.5, 0.6) is 5.75 Å². The number of carbonyl (C=O) groups is 2. The first-order chi connectivity index (χ1) is 13.0. The van der Waals surface area contributed by atoms with E-state index in [9.17, 15) is 9.59 Å². The molecule has 0 saturated heterocycles. The summed E-state index contributed by atoms with van der Waals surface area (Å²) in [5, 5.41) is 9.62. The molecule has 0 aliphatic carbocycles. The van der Waals surface area contributed by atoms with Gasteiger partial charge in [0, 0.05) is 12.2 Å². The summed E-state index contributed by atoms with van der Waals surface area (Å²) in [5.41, 5.74) is 1.20. The number of carbonyl (C=O) groups excluding carboxylic acids is 2. The number of aromatic nitrogens is 1. The Kier molecular flexibility index (Phi) is 7.32. The van der Waals surface area contributed by atoms with Gasteiger partial charge in [0.2, 0.25) is 0 Å². The predicted octanol–water partition coefficient (Wildman–Crippen LogP) is 3.26. The van der Waals surface area contributed by atoms with Gasteiger partial charge in [0.15, 0.2) is 6.61 Å². The monoisotopic (exact) mass is 387 g/mol. The van der Waals surface area contributed by atoms with Crippen molar-refractivity contribution in [2.24, 2.45) is 0 Å². The van der Waals surface area contributed by atoms with Crippen LogP contribution in [0.25, 0.3) is 0 Å². The summed E-state index contributed by atoms with van der Waals surface area (Å²) in [6.45, 7) is 5.75. The largest absolute Gasteiger partial charge is 0.494 e. The molecular weight excluding hydrogens is 366 g/mol. The van der Waals surface area contributed by atoms with Crippen molar-refractivity contribution in [1.29, 1.82) is 5.26 Å². The van der Waals surface area contributed by atoms with Crippen LogP contribution in [0.15, 0.2) is 24.3 Å². The number of esters is 1. The maximum Gasteiger partial charge on any atom is 0.350 e. The van der Waals surface area contributed by atoms with Crippen molar-refractivity contribution < 1.29 is 19.1 Å². The van der Waals surface area contributed by atoms with Gasteiger partial charge < -0.3 is 14.4 Å². The van der Waals surface area contributed by atoms with Crippen molar-refractivity contribution in [1.82, 2.24) is 4.98 Å². The zero-order valence-corrected chi connectivity index (χ0v) is 16.3. The second-order valence-corrected chi connectivity index (χ2v) is 6.81. The maximum atomic E-state index is 12.6. The lowest BCUT2D eigenvalue weighted by Gasteiger charge is -2.22. The molecular formula is C19H21N3O4S. The number of anilines is 1. The molecule has 0 unspecified atom stereocenters. The summed E-state index contributed by atoms with van der Waals surface area (Å²) in [6, 6.07) is 8.99. The molecule has 0 fully saturated rings. The Morgan fingerprint density at radius 1 is 1.26 bits per heavy atom. The first kappa shape index (κ1) is 20.4. The Hall–Kier alpha value is -2.92. The molecule has 1 aromatic heterocycles. The van der Waals surface area contributed by atoms with Crippen molar-refractivity contribution in [3.63, 3.8) is 0 Å². The van der Waals surface area contributed by atoms with Gasteiger partial charge in [0.1, 0.15) is 10.6 Å². The highest BCUT2D eigenvalue weighted by Gasteiger charge is 2.20. The van der Waals surface area contributed by atoms with Crippen LogP contribution in [0, 0.1) is 25.2 Å². The van der Waals surface area contributed by atoms with Gasteiger partial charge in [0.05, 0.1) is 29.8 Å². The lowest BCUT2D eigenvalue weighted by molar-refractivity contribution is -0.121. The summed E-state index contributed by atoms with van der Waals surface area (Å²) >= 11 is 1.23. The van der Waals surface area contributed by atoms with Crippen LogP contribution in [0.3, 0.4) is 0 Å². The van der Waals surface area contributed by atoms with Crippen LogP contribution in [-0.4, -0.2) is 36.6 Å². The quantitative estimate of drug-likeness (QED) is 0.646. The van der Waals surface area contributed by atoms with E-state index in [1.165, 1.54) is 16.2 Å². The molecule has 2 aromatic rings. The summed E-state index contributed by atoms with van der Waals surface area (Å²) < 4.78 is 10.6. The number of amides is 1. The third-order valence-corrected chi connectivity index (χ3v) is 4.68.